The van der Waals surface area contributed by atoms with Gasteiger partial charge in [-0.15, -0.1) is 0 Å². The Bertz CT molecular complexity index is 1980. The van der Waals surface area contributed by atoms with E-state index in [1.165, 1.54) is 43.6 Å². The van der Waals surface area contributed by atoms with Crippen molar-refractivity contribution in [2.45, 2.75) is 65.4 Å². The van der Waals surface area contributed by atoms with Crippen molar-refractivity contribution in [2.24, 2.45) is 11.8 Å². The van der Waals surface area contributed by atoms with Crippen molar-refractivity contribution in [3.8, 4) is 0 Å². The van der Waals surface area contributed by atoms with Crippen LogP contribution in [0.4, 0.5) is 25.1 Å². The van der Waals surface area contributed by atoms with Crippen LogP contribution >= 0.6 is 0 Å². The summed E-state index contributed by atoms with van der Waals surface area (Å²) in [6.45, 7) is 8.31. The van der Waals surface area contributed by atoms with Gasteiger partial charge < -0.3 is 25.2 Å². The highest BCUT2D eigenvalue weighted by Crippen LogP contribution is 2.51. The van der Waals surface area contributed by atoms with Gasteiger partial charge in [0, 0.05) is 36.4 Å². The quantitative estimate of drug-likeness (QED) is 0.214. The zero-order valence-electron chi connectivity index (χ0n) is 31.3. The fourth-order valence-corrected chi connectivity index (χ4v) is 10.7. The molecule has 7 rings (SSSR count). The molecule has 0 bridgehead atoms. The first-order valence-electron chi connectivity index (χ1n) is 19.2. The number of alkyl carbamates (subject to hydrolysis) is 1. The average Bonchev–Trinajstić information content (AvgIpc) is 3.62. The molecule has 3 saturated heterocycles. The number of hydrogen-bond donors (Lipinski definition) is 2. The molecule has 4 aliphatic rings. The van der Waals surface area contributed by atoms with E-state index in [4.69, 9.17) is 4.74 Å². The smallest absolute Gasteiger partial charge is 0.407 e. The lowest BCUT2D eigenvalue weighted by Gasteiger charge is -2.54. The number of pyridine rings is 1. The lowest BCUT2D eigenvalue weighted by atomic mass is 9.57. The Balaban J connectivity index is 1.01. The molecule has 294 valence electrons. The van der Waals surface area contributed by atoms with E-state index in [0.717, 1.165) is 88.6 Å². The number of ether oxygens (including phenoxy) is 1. The van der Waals surface area contributed by atoms with Crippen LogP contribution in [0, 0.1) is 17.7 Å². The van der Waals surface area contributed by atoms with E-state index < -0.39 is 32.9 Å². The number of hydrogen-bond acceptors (Lipinski definition) is 9. The van der Waals surface area contributed by atoms with Gasteiger partial charge in [-0.1, -0.05) is 25.1 Å². The van der Waals surface area contributed by atoms with E-state index >= 15 is 4.39 Å². The molecule has 4 fully saturated rings. The number of nitrogens with zero attached hydrogens (tertiary/aromatic N) is 4. The largest absolute Gasteiger partial charge is 0.453 e. The summed E-state index contributed by atoms with van der Waals surface area (Å²) >= 11 is 0. The fraction of sp³-hybridized carbons (Fsp3) is 0.488. The minimum atomic E-state index is -3.89. The Morgan fingerprint density at radius 3 is 2.38 bits per heavy atom. The first-order valence-corrected chi connectivity index (χ1v) is 20.6. The highest BCUT2D eigenvalue weighted by Gasteiger charge is 2.54. The fourth-order valence-electron chi connectivity index (χ4n) is 9.46. The van der Waals surface area contributed by atoms with Crippen molar-refractivity contribution in [3.05, 3.63) is 90.9 Å². The van der Waals surface area contributed by atoms with Crippen LogP contribution in [0.3, 0.4) is 0 Å². The summed E-state index contributed by atoms with van der Waals surface area (Å²) in [7, 11) is -2.51. The summed E-state index contributed by atoms with van der Waals surface area (Å²) in [5, 5.41) is 5.60. The Labute approximate surface area is 322 Å². The molecular weight excluding hydrogens is 727 g/mol. The number of methoxy groups -OCH3 is 1. The van der Waals surface area contributed by atoms with Gasteiger partial charge in [0.05, 0.1) is 30.0 Å². The Kier molecular flexibility index (Phi) is 11.3. The number of aromatic nitrogens is 1. The van der Waals surface area contributed by atoms with E-state index in [1.807, 2.05) is 4.90 Å². The number of amides is 2. The maximum atomic E-state index is 16.3. The number of nitrogens with one attached hydrogen (secondary N) is 2. The molecule has 2 aromatic carbocycles. The molecule has 2 amide bonds. The van der Waals surface area contributed by atoms with Gasteiger partial charge in [0.25, 0.3) is 0 Å². The monoisotopic (exact) mass is 776 g/mol. The molecule has 1 aliphatic carbocycles. The number of anilines is 2. The number of piperidine rings is 1. The molecule has 1 unspecified atom stereocenters. The first-order chi connectivity index (χ1) is 26.4. The van der Waals surface area contributed by atoms with Gasteiger partial charge >= 0.3 is 6.09 Å². The molecule has 0 radical (unpaired) electrons. The SMILES string of the molecule is C=CC(=O)Nc1cc(S(=O)(=O)c2ccc(N3CC(F)(CN4CCC(C(CN5CCC5)(c5cccc(F)c5)[C@H]5CCC[C@@H]5NC(=O)OC)CC4)C3)cc2)ccn1. The minimum Gasteiger partial charge on any atom is -0.453 e. The number of likely N-dealkylation sites (tertiary alicyclic amines) is 2. The van der Waals surface area contributed by atoms with E-state index in [9.17, 15) is 22.4 Å². The second-order valence-electron chi connectivity index (χ2n) is 15.6. The molecule has 3 aromatic rings. The molecule has 2 N–H and O–H groups in total. The Morgan fingerprint density at radius 1 is 0.982 bits per heavy atom. The molecule has 0 spiro atoms. The standard InChI is InChI=1S/C41H50F2N6O5S/c1-3-38(50)46-37-24-34(15-18-44-37)55(52,53)33-13-11-32(12-14-33)49-26-40(43,27-49)25-48-21-16-29(17-22-48)41(28-47-19-6-20-47,30-7-4-8-31(42)23-30)35-9-5-10-36(35)45-39(51)54-2/h3-4,7-8,11-15,18,23-24,29,35-36H,1,5-6,9-10,16-17,19-22,25-28H2,2H3,(H,45,51)(H,44,46,50)/t35-,36-,41?/m0/s1. The molecular formula is C41H50F2N6O5S. The molecule has 11 nitrogen and oxygen atoms in total. The summed E-state index contributed by atoms with van der Waals surface area (Å²) in [4.78, 5) is 34.8. The van der Waals surface area contributed by atoms with Crippen LogP contribution in [0.1, 0.15) is 44.1 Å². The predicted octanol–water partition coefficient (Wildman–Crippen LogP) is 5.59. The van der Waals surface area contributed by atoms with Gasteiger partial charge in [-0.05, 0) is 130 Å². The molecule has 3 atom stereocenters. The van der Waals surface area contributed by atoms with Crippen molar-refractivity contribution < 1.29 is 31.5 Å². The molecule has 3 aliphatic heterocycles. The molecule has 1 aromatic heterocycles. The lowest BCUT2D eigenvalue weighted by Crippen LogP contribution is -2.65. The van der Waals surface area contributed by atoms with Crippen LogP contribution < -0.4 is 15.5 Å². The summed E-state index contributed by atoms with van der Waals surface area (Å²) in [5.41, 5.74) is -0.0891. The Morgan fingerprint density at radius 2 is 1.73 bits per heavy atom. The summed E-state index contributed by atoms with van der Waals surface area (Å²) in [6, 6.07) is 16.0. The van der Waals surface area contributed by atoms with E-state index in [0.29, 0.717) is 6.54 Å². The summed E-state index contributed by atoms with van der Waals surface area (Å²) in [6.07, 6.45) is 7.49. The van der Waals surface area contributed by atoms with Crippen LogP contribution in [-0.2, 0) is 24.8 Å². The number of halogens is 2. The van der Waals surface area contributed by atoms with Crippen LogP contribution in [0.15, 0.2) is 89.3 Å². The number of carbonyl (C=O) groups excluding carboxylic acids is 2. The zero-order valence-corrected chi connectivity index (χ0v) is 32.1. The number of alkyl halides is 1. The van der Waals surface area contributed by atoms with E-state index in [1.54, 1.807) is 24.3 Å². The highest BCUT2D eigenvalue weighted by molar-refractivity contribution is 7.91. The lowest BCUT2D eigenvalue weighted by molar-refractivity contribution is -0.111. The van der Waals surface area contributed by atoms with E-state index in [-0.39, 0.29) is 52.4 Å². The number of benzene rings is 2. The normalized spacial score (nSPS) is 22.9. The molecule has 14 heteroatoms. The summed E-state index contributed by atoms with van der Waals surface area (Å²) in [5.74, 6) is -0.351. The first kappa shape index (κ1) is 38.9. The van der Waals surface area contributed by atoms with Crippen LogP contribution in [0.5, 0.6) is 0 Å². The van der Waals surface area contributed by atoms with Crippen molar-refractivity contribution in [2.75, 3.05) is 69.7 Å². The van der Waals surface area contributed by atoms with Crippen molar-refractivity contribution >= 4 is 33.3 Å². The van der Waals surface area contributed by atoms with Gasteiger partial charge in [-0.2, -0.15) is 0 Å². The Hall–Kier alpha value is -4.40. The molecule has 55 heavy (non-hydrogen) atoms. The van der Waals surface area contributed by atoms with Crippen molar-refractivity contribution in [3.63, 3.8) is 0 Å². The topological polar surface area (TPSA) is 124 Å². The van der Waals surface area contributed by atoms with Gasteiger partial charge in [0.15, 0.2) is 5.67 Å². The molecule has 1 saturated carbocycles. The zero-order chi connectivity index (χ0) is 38.8. The summed E-state index contributed by atoms with van der Waals surface area (Å²) < 4.78 is 63.0. The predicted molar refractivity (Wildman–Crippen MR) is 206 cm³/mol. The number of sulfone groups is 1. The van der Waals surface area contributed by atoms with Gasteiger partial charge in [0.2, 0.25) is 15.7 Å². The van der Waals surface area contributed by atoms with Crippen LogP contribution in [-0.4, -0.2) is 106 Å². The highest BCUT2D eigenvalue weighted by atomic mass is 32.2. The van der Waals surface area contributed by atoms with Crippen LogP contribution in [0.25, 0.3) is 0 Å². The third-order valence-electron chi connectivity index (χ3n) is 12.2. The average molecular weight is 777 g/mol. The third-order valence-corrected chi connectivity index (χ3v) is 14.0. The van der Waals surface area contributed by atoms with Gasteiger partial charge in [0.1, 0.15) is 11.6 Å². The number of carbonyl (C=O) groups is 2. The van der Waals surface area contributed by atoms with Gasteiger partial charge in [-0.25, -0.2) is 27.0 Å². The van der Waals surface area contributed by atoms with Crippen molar-refractivity contribution in [1.82, 2.24) is 20.1 Å². The van der Waals surface area contributed by atoms with Crippen LogP contribution in [0.2, 0.25) is 0 Å². The van der Waals surface area contributed by atoms with Gasteiger partial charge in [-0.3, -0.25) is 9.69 Å². The second kappa shape index (κ2) is 16.0. The van der Waals surface area contributed by atoms with E-state index in [2.05, 4.69) is 38.1 Å². The maximum absolute atomic E-state index is 16.3. The minimum absolute atomic E-state index is 0.0141. The second-order valence-corrected chi connectivity index (χ2v) is 17.5. The third kappa shape index (κ3) is 8.13. The number of rotatable bonds is 13. The maximum Gasteiger partial charge on any atom is 0.407 e. The molecule has 4 heterocycles. The van der Waals surface area contributed by atoms with Crippen molar-refractivity contribution in [1.29, 1.82) is 0 Å².